The molecule has 1 rings (SSSR count). The lowest BCUT2D eigenvalue weighted by molar-refractivity contribution is 0.196. The third-order valence-corrected chi connectivity index (χ3v) is 4.14. The predicted molar refractivity (Wildman–Crippen MR) is 69.1 cm³/mol. The molecule has 5 nitrogen and oxygen atoms in total. The number of aliphatic hydroxyl groups is 1. The molecule has 7 heteroatoms. The number of sulfonamides is 1. The van der Waals surface area contributed by atoms with Gasteiger partial charge in [-0.15, -0.1) is 0 Å². The van der Waals surface area contributed by atoms with Gasteiger partial charge in [0.05, 0.1) is 11.5 Å². The van der Waals surface area contributed by atoms with Gasteiger partial charge >= 0.3 is 0 Å². The Morgan fingerprint density at radius 1 is 1.44 bits per heavy atom. The number of nitrogens with one attached hydrogen (secondary N) is 1. The summed E-state index contributed by atoms with van der Waals surface area (Å²) in [4.78, 5) is 0.0911. The highest BCUT2D eigenvalue weighted by molar-refractivity contribution is 7.89. The maximum absolute atomic E-state index is 11.9. The number of halogens is 1. The van der Waals surface area contributed by atoms with Crippen LogP contribution in [0.15, 0.2) is 23.1 Å². The Morgan fingerprint density at radius 3 is 2.78 bits per heavy atom. The summed E-state index contributed by atoms with van der Waals surface area (Å²) in [7, 11) is -2.01. The lowest BCUT2D eigenvalue weighted by Gasteiger charge is -2.08. The summed E-state index contributed by atoms with van der Waals surface area (Å²) >= 11 is 5.80. The number of hydrogen-bond acceptors (Lipinski definition) is 4. The largest absolute Gasteiger partial charge is 0.392 e. The fourth-order valence-electron chi connectivity index (χ4n) is 1.35. The van der Waals surface area contributed by atoms with Gasteiger partial charge in [-0.05, 0) is 30.2 Å². The molecule has 0 spiro atoms. The molecule has 0 aliphatic carbocycles. The standard InChI is InChI=1S/C11H16ClNO4S/c1-17-6-2-5-13-18(15,16)10-3-4-11(12)9(7-10)8-14/h3-4,7,13-14H,2,5-6,8H2,1H3. The molecule has 0 saturated heterocycles. The summed E-state index contributed by atoms with van der Waals surface area (Å²) in [6.07, 6.45) is 0.593. The summed E-state index contributed by atoms with van der Waals surface area (Å²) in [5.41, 5.74) is 0.386. The van der Waals surface area contributed by atoms with E-state index in [2.05, 4.69) is 4.72 Å². The molecule has 0 aromatic heterocycles. The molecule has 0 fully saturated rings. The minimum absolute atomic E-state index is 0.0911. The Bertz CT molecular complexity index is 490. The topological polar surface area (TPSA) is 75.6 Å². The van der Waals surface area contributed by atoms with Crippen molar-refractivity contribution in [1.29, 1.82) is 0 Å². The highest BCUT2D eigenvalue weighted by atomic mass is 35.5. The lowest BCUT2D eigenvalue weighted by Crippen LogP contribution is -2.25. The Morgan fingerprint density at radius 2 is 2.17 bits per heavy atom. The molecular weight excluding hydrogens is 278 g/mol. The molecule has 0 aliphatic rings. The normalized spacial score (nSPS) is 11.7. The molecular formula is C11H16ClNO4S. The van der Waals surface area contributed by atoms with Crippen molar-refractivity contribution in [3.8, 4) is 0 Å². The summed E-state index contributed by atoms with van der Waals surface area (Å²) in [6.45, 7) is 0.490. The van der Waals surface area contributed by atoms with Gasteiger partial charge in [-0.2, -0.15) is 0 Å². The fraction of sp³-hybridized carbons (Fsp3) is 0.455. The first-order valence-corrected chi connectivity index (χ1v) is 7.25. The van der Waals surface area contributed by atoms with Crippen LogP contribution in [0.2, 0.25) is 5.02 Å². The number of rotatable bonds is 7. The molecule has 0 saturated carbocycles. The van der Waals surface area contributed by atoms with E-state index in [9.17, 15) is 8.42 Å². The van der Waals surface area contributed by atoms with Crippen LogP contribution in [0.3, 0.4) is 0 Å². The van der Waals surface area contributed by atoms with Crippen LogP contribution in [0.25, 0.3) is 0 Å². The number of methoxy groups -OCH3 is 1. The number of aliphatic hydroxyl groups excluding tert-OH is 1. The molecule has 0 aliphatic heterocycles. The third kappa shape index (κ3) is 4.22. The molecule has 18 heavy (non-hydrogen) atoms. The molecule has 0 amide bonds. The molecule has 0 atom stereocenters. The van der Waals surface area contributed by atoms with Crippen molar-refractivity contribution in [2.24, 2.45) is 0 Å². The number of benzene rings is 1. The van der Waals surface area contributed by atoms with Crippen LogP contribution in [-0.4, -0.2) is 33.8 Å². The predicted octanol–water partition coefficient (Wildman–Crippen LogP) is 1.15. The molecule has 102 valence electrons. The van der Waals surface area contributed by atoms with Gasteiger partial charge in [-0.25, -0.2) is 13.1 Å². The Hall–Kier alpha value is -0.660. The summed E-state index contributed by atoms with van der Waals surface area (Å²) in [5.74, 6) is 0. The first-order chi connectivity index (χ1) is 8.51. The lowest BCUT2D eigenvalue weighted by atomic mass is 10.2. The minimum Gasteiger partial charge on any atom is -0.392 e. The van der Waals surface area contributed by atoms with Gasteiger partial charge in [0.1, 0.15) is 0 Å². The van der Waals surface area contributed by atoms with Crippen LogP contribution in [0, 0.1) is 0 Å². The second-order valence-electron chi connectivity index (χ2n) is 3.66. The van der Waals surface area contributed by atoms with Crippen molar-refractivity contribution in [3.63, 3.8) is 0 Å². The maximum Gasteiger partial charge on any atom is 0.240 e. The zero-order valence-electron chi connectivity index (χ0n) is 10.0. The first kappa shape index (κ1) is 15.4. The monoisotopic (exact) mass is 293 g/mol. The molecule has 1 aromatic rings. The van der Waals surface area contributed by atoms with E-state index >= 15 is 0 Å². The summed E-state index contributed by atoms with van der Waals surface area (Å²) in [5, 5.41) is 9.38. The van der Waals surface area contributed by atoms with Gasteiger partial charge in [-0.1, -0.05) is 11.6 Å². The van der Waals surface area contributed by atoms with E-state index in [4.69, 9.17) is 21.4 Å². The van der Waals surface area contributed by atoms with Gasteiger partial charge in [-0.3, -0.25) is 0 Å². The van der Waals surface area contributed by atoms with Gasteiger partial charge in [0.15, 0.2) is 0 Å². The minimum atomic E-state index is -3.57. The second-order valence-corrected chi connectivity index (χ2v) is 5.83. The van der Waals surface area contributed by atoms with Crippen LogP contribution >= 0.6 is 11.6 Å². The van der Waals surface area contributed by atoms with Gasteiger partial charge in [0.25, 0.3) is 0 Å². The van der Waals surface area contributed by atoms with Crippen molar-refractivity contribution in [2.45, 2.75) is 17.9 Å². The average Bonchev–Trinajstić information content (AvgIpc) is 2.35. The summed E-state index contributed by atoms with van der Waals surface area (Å²) < 4.78 is 31.1. The van der Waals surface area contributed by atoms with Crippen LogP contribution < -0.4 is 4.72 Å². The van der Waals surface area contributed by atoms with Crippen LogP contribution in [0.4, 0.5) is 0 Å². The third-order valence-electron chi connectivity index (χ3n) is 2.32. The van der Waals surface area contributed by atoms with E-state index in [1.807, 2.05) is 0 Å². The zero-order chi connectivity index (χ0) is 13.6. The smallest absolute Gasteiger partial charge is 0.240 e. The van der Waals surface area contributed by atoms with Crippen molar-refractivity contribution in [3.05, 3.63) is 28.8 Å². The number of hydrogen-bond donors (Lipinski definition) is 2. The van der Waals surface area contributed by atoms with E-state index in [1.54, 1.807) is 7.11 Å². The Balaban J connectivity index is 2.78. The molecule has 0 unspecified atom stereocenters. The molecule has 0 heterocycles. The van der Waals surface area contributed by atoms with Crippen LogP contribution in [0.1, 0.15) is 12.0 Å². The van der Waals surface area contributed by atoms with E-state index in [0.29, 0.717) is 30.2 Å². The second kappa shape index (κ2) is 7.06. The SMILES string of the molecule is COCCCNS(=O)(=O)c1ccc(Cl)c(CO)c1. The van der Waals surface area contributed by atoms with E-state index in [-0.39, 0.29) is 11.5 Å². The highest BCUT2D eigenvalue weighted by Gasteiger charge is 2.14. The number of ether oxygens (including phenoxy) is 1. The Kier molecular flexibility index (Phi) is 6.04. The average molecular weight is 294 g/mol. The molecule has 0 bridgehead atoms. The highest BCUT2D eigenvalue weighted by Crippen LogP contribution is 2.20. The van der Waals surface area contributed by atoms with Crippen molar-refractivity contribution < 1.29 is 18.3 Å². The maximum atomic E-state index is 11.9. The van der Waals surface area contributed by atoms with Gasteiger partial charge in [0.2, 0.25) is 10.0 Å². The molecule has 2 N–H and O–H groups in total. The van der Waals surface area contributed by atoms with Crippen molar-refractivity contribution in [1.82, 2.24) is 4.72 Å². The molecule has 0 radical (unpaired) electrons. The summed E-state index contributed by atoms with van der Waals surface area (Å²) in [6, 6.07) is 4.22. The van der Waals surface area contributed by atoms with E-state index in [0.717, 1.165) is 0 Å². The van der Waals surface area contributed by atoms with Crippen molar-refractivity contribution in [2.75, 3.05) is 20.3 Å². The zero-order valence-corrected chi connectivity index (χ0v) is 11.6. The van der Waals surface area contributed by atoms with Gasteiger partial charge < -0.3 is 9.84 Å². The fourth-order valence-corrected chi connectivity index (χ4v) is 2.65. The van der Waals surface area contributed by atoms with Crippen LogP contribution in [-0.2, 0) is 21.4 Å². The van der Waals surface area contributed by atoms with E-state index in [1.165, 1.54) is 18.2 Å². The van der Waals surface area contributed by atoms with Gasteiger partial charge in [0, 0.05) is 25.3 Å². The van der Waals surface area contributed by atoms with E-state index < -0.39 is 10.0 Å². The molecule has 1 aromatic carbocycles. The van der Waals surface area contributed by atoms with Crippen LogP contribution in [0.5, 0.6) is 0 Å². The first-order valence-electron chi connectivity index (χ1n) is 5.39. The Labute approximate surface area is 112 Å². The van der Waals surface area contributed by atoms with Crippen molar-refractivity contribution >= 4 is 21.6 Å². The quantitative estimate of drug-likeness (QED) is 0.740.